The molecular formula is C43H84O5Si3. The molecule has 0 amide bonds. The second-order valence-corrected chi connectivity index (χ2v) is 27.4. The summed E-state index contributed by atoms with van der Waals surface area (Å²) in [5, 5.41) is 0. The SMILES string of the molecule is CC[C@@H]1CC[C@@]2(C)[C@@H](C1)C[C@@H](O[Si](CC)(CC)CC)C1[C@@H]2C[C@H](CC)[C@]2(C)[C@@H]([C@H](C)CCC(=O)OC)CC[C@@H]12.CC[Si](=O)CC.CC[Si](=O)CC. The summed E-state index contributed by atoms with van der Waals surface area (Å²) in [6, 6.07) is 7.30. The third kappa shape index (κ3) is 10.9. The summed E-state index contributed by atoms with van der Waals surface area (Å²) in [6.07, 6.45) is 14.5. The van der Waals surface area contributed by atoms with E-state index in [2.05, 4.69) is 55.4 Å². The van der Waals surface area contributed by atoms with Crippen LogP contribution in [0.1, 0.15) is 154 Å². The van der Waals surface area contributed by atoms with E-state index in [0.29, 0.717) is 35.2 Å². The van der Waals surface area contributed by atoms with E-state index < -0.39 is 25.7 Å². The highest BCUT2D eigenvalue weighted by Crippen LogP contribution is 2.71. The molecule has 4 aliphatic rings. The molecule has 298 valence electrons. The summed E-state index contributed by atoms with van der Waals surface area (Å²) in [5.74, 6) is 6.13. The van der Waals surface area contributed by atoms with Gasteiger partial charge in [-0.1, -0.05) is 95.9 Å². The fourth-order valence-electron chi connectivity index (χ4n) is 12.0. The number of hydrogen-bond acceptors (Lipinski definition) is 5. The van der Waals surface area contributed by atoms with E-state index >= 15 is 0 Å². The van der Waals surface area contributed by atoms with Gasteiger partial charge in [0.1, 0.15) is 0 Å². The number of rotatable bonds is 15. The van der Waals surface area contributed by atoms with E-state index in [1.54, 1.807) is 0 Å². The van der Waals surface area contributed by atoms with Crippen molar-refractivity contribution in [2.24, 2.45) is 58.2 Å². The van der Waals surface area contributed by atoms with E-state index in [1.165, 1.54) is 83.0 Å². The lowest BCUT2D eigenvalue weighted by molar-refractivity contribution is -0.185. The van der Waals surface area contributed by atoms with Gasteiger partial charge in [0.05, 0.1) is 7.11 Å². The Morgan fingerprint density at radius 3 is 1.80 bits per heavy atom. The van der Waals surface area contributed by atoms with Gasteiger partial charge in [0.25, 0.3) is 17.4 Å². The van der Waals surface area contributed by atoms with Crippen LogP contribution in [-0.4, -0.2) is 44.9 Å². The van der Waals surface area contributed by atoms with Crippen molar-refractivity contribution < 1.29 is 22.9 Å². The maximum absolute atomic E-state index is 12.0. The Labute approximate surface area is 320 Å². The van der Waals surface area contributed by atoms with Gasteiger partial charge in [0.15, 0.2) is 8.32 Å². The zero-order chi connectivity index (χ0) is 38.6. The average molecular weight is 765 g/mol. The van der Waals surface area contributed by atoms with Gasteiger partial charge in [-0.05, 0) is 152 Å². The molecule has 0 aromatic rings. The Morgan fingerprint density at radius 1 is 0.784 bits per heavy atom. The van der Waals surface area contributed by atoms with Crippen molar-refractivity contribution in [1.82, 2.24) is 0 Å². The van der Waals surface area contributed by atoms with Crippen molar-refractivity contribution >= 4 is 31.7 Å². The smallest absolute Gasteiger partial charge is 0.305 e. The Bertz CT molecular complexity index is 1040. The molecule has 4 aliphatic carbocycles. The van der Waals surface area contributed by atoms with Gasteiger partial charge < -0.3 is 18.1 Å². The maximum Gasteiger partial charge on any atom is 0.305 e. The lowest BCUT2D eigenvalue weighted by Crippen LogP contribution is -2.62. The molecule has 1 unspecified atom stereocenters. The summed E-state index contributed by atoms with van der Waals surface area (Å²) in [7, 11) is -2.40. The average Bonchev–Trinajstić information content (AvgIpc) is 3.52. The van der Waals surface area contributed by atoms with Crippen LogP contribution in [0.3, 0.4) is 0 Å². The highest BCUT2D eigenvalue weighted by atomic mass is 28.4. The van der Waals surface area contributed by atoms with Crippen LogP contribution in [0.4, 0.5) is 0 Å². The molecule has 11 atom stereocenters. The Morgan fingerprint density at radius 2 is 1.35 bits per heavy atom. The zero-order valence-corrected chi connectivity index (χ0v) is 39.0. The van der Waals surface area contributed by atoms with E-state index in [9.17, 15) is 13.7 Å². The fraction of sp³-hybridized carbons (Fsp3) is 0.977. The first-order chi connectivity index (χ1) is 24.2. The molecule has 0 aromatic heterocycles. The predicted molar refractivity (Wildman–Crippen MR) is 221 cm³/mol. The lowest BCUT2D eigenvalue weighted by Gasteiger charge is -2.66. The van der Waals surface area contributed by atoms with E-state index in [4.69, 9.17) is 9.16 Å². The van der Waals surface area contributed by atoms with Gasteiger partial charge in [-0.2, -0.15) is 0 Å². The minimum atomic E-state index is -1.70. The van der Waals surface area contributed by atoms with Crippen molar-refractivity contribution in [1.29, 1.82) is 0 Å². The quantitative estimate of drug-likeness (QED) is 0.123. The number of fused-ring (bicyclic) bond motifs is 5. The number of ether oxygens (including phenoxy) is 1. The largest absolute Gasteiger partial charge is 0.469 e. The zero-order valence-electron chi connectivity index (χ0n) is 36.0. The molecule has 5 nitrogen and oxygen atoms in total. The third-order valence-electron chi connectivity index (χ3n) is 15.9. The molecule has 0 aromatic carbocycles. The molecule has 8 heteroatoms. The molecule has 0 heterocycles. The Balaban J connectivity index is 0.000000645. The van der Waals surface area contributed by atoms with Gasteiger partial charge in [0.2, 0.25) is 0 Å². The normalized spacial score (nSPS) is 34.7. The number of methoxy groups -OCH3 is 1. The molecule has 4 fully saturated rings. The van der Waals surface area contributed by atoms with E-state index in [-0.39, 0.29) is 5.97 Å². The van der Waals surface area contributed by atoms with Gasteiger partial charge in [-0.3, -0.25) is 4.79 Å². The highest BCUT2D eigenvalue weighted by molar-refractivity contribution is 6.73. The van der Waals surface area contributed by atoms with Crippen LogP contribution in [0.25, 0.3) is 0 Å². The highest BCUT2D eigenvalue weighted by Gasteiger charge is 2.66. The number of hydrogen-bond donors (Lipinski definition) is 0. The van der Waals surface area contributed by atoms with Crippen LogP contribution in [0, 0.1) is 58.2 Å². The van der Waals surface area contributed by atoms with Gasteiger partial charge >= 0.3 is 5.97 Å². The van der Waals surface area contributed by atoms with Crippen molar-refractivity contribution in [3.05, 3.63) is 0 Å². The van der Waals surface area contributed by atoms with E-state index in [1.807, 2.05) is 27.7 Å². The second-order valence-electron chi connectivity index (χ2n) is 17.7. The Hall–Kier alpha value is -0.319. The van der Waals surface area contributed by atoms with Crippen LogP contribution in [0.2, 0.25) is 42.3 Å². The minimum absolute atomic E-state index is 0.0420. The summed E-state index contributed by atoms with van der Waals surface area (Å²) >= 11 is 0. The summed E-state index contributed by atoms with van der Waals surface area (Å²) in [6.45, 7) is 27.9. The van der Waals surface area contributed by atoms with Crippen LogP contribution in [0.15, 0.2) is 0 Å². The molecule has 0 aliphatic heterocycles. The topological polar surface area (TPSA) is 69.7 Å². The van der Waals surface area contributed by atoms with Gasteiger partial charge in [-0.15, -0.1) is 0 Å². The van der Waals surface area contributed by atoms with Crippen LogP contribution in [0.5, 0.6) is 0 Å². The molecule has 51 heavy (non-hydrogen) atoms. The summed E-state index contributed by atoms with van der Waals surface area (Å²) in [4.78, 5) is 12.0. The second kappa shape index (κ2) is 21.7. The monoisotopic (exact) mass is 765 g/mol. The maximum atomic E-state index is 12.0. The lowest BCUT2D eigenvalue weighted by atomic mass is 9.41. The molecule has 4 rings (SSSR count). The van der Waals surface area contributed by atoms with E-state index in [0.717, 1.165) is 66.1 Å². The summed E-state index contributed by atoms with van der Waals surface area (Å²) in [5.41, 5.74) is 0.861. The minimum Gasteiger partial charge on any atom is -0.469 e. The number of carbonyl (C=O) groups excluding carboxylic acids is 1. The molecule has 4 saturated carbocycles. The summed E-state index contributed by atoms with van der Waals surface area (Å²) < 4.78 is 33.4. The third-order valence-corrected chi connectivity index (χ3v) is 23.7. The molecule has 0 bridgehead atoms. The molecule has 0 spiro atoms. The van der Waals surface area contributed by atoms with Gasteiger partial charge in [0, 0.05) is 12.5 Å². The molecular weight excluding hydrogens is 681 g/mol. The first kappa shape index (κ1) is 46.8. The predicted octanol–water partition coefficient (Wildman–Crippen LogP) is 12.8. The first-order valence-corrected chi connectivity index (χ1v) is 28.1. The van der Waals surface area contributed by atoms with Crippen LogP contribution in [-0.2, 0) is 22.9 Å². The van der Waals surface area contributed by atoms with Crippen molar-refractivity contribution in [2.75, 3.05) is 7.11 Å². The standard InChI is InChI=1S/C35H64O3Si.2C4H10OSi/c1-10-25-19-20-34(7)27(21-25)23-31(38-39(12-3,13-4)14-5)33-29-17-16-28(24(6)15-18-32(36)37-9)35(29,8)26(11-2)22-30(33)34;2*1-3-6(5)4-2/h24-31,33H,10-23H2,1-9H3;2*3-4H2,1-2H3/t24-,25-,26+,27+,28-,29+,30+,31-,33?,34+,35-;;/m1../s1. The van der Waals surface area contributed by atoms with Gasteiger partial charge in [-0.25, -0.2) is 0 Å². The van der Waals surface area contributed by atoms with Crippen LogP contribution >= 0.6 is 0 Å². The number of esters is 1. The van der Waals surface area contributed by atoms with Crippen molar-refractivity contribution in [2.45, 2.75) is 202 Å². The molecule has 0 N–H and O–H groups in total. The fourth-order valence-corrected chi connectivity index (χ4v) is 15.9. The first-order valence-electron chi connectivity index (χ1n) is 22.0. The van der Waals surface area contributed by atoms with Crippen molar-refractivity contribution in [3.8, 4) is 0 Å². The number of carbonyl (C=O) groups is 1. The molecule has 0 saturated heterocycles. The van der Waals surface area contributed by atoms with Crippen LogP contribution < -0.4 is 0 Å². The molecule has 0 radical (unpaired) electrons. The van der Waals surface area contributed by atoms with Crippen molar-refractivity contribution in [3.63, 3.8) is 0 Å². The Kier molecular flexibility index (Phi) is 19.9.